The molecule has 35 heavy (non-hydrogen) atoms. The molecule has 2 aromatic rings. The number of carbonyl (C=O) groups is 2. The van der Waals surface area contributed by atoms with Crippen LogP contribution in [0.15, 0.2) is 30.5 Å². The first-order chi connectivity index (χ1) is 16.6. The zero-order valence-corrected chi connectivity index (χ0v) is 21.1. The third kappa shape index (κ3) is 5.75. The van der Waals surface area contributed by atoms with Crippen LogP contribution in [0, 0.1) is 0 Å². The minimum atomic E-state index is -0.486. The highest BCUT2D eigenvalue weighted by molar-refractivity contribution is 5.89. The molecule has 1 fully saturated rings. The van der Waals surface area contributed by atoms with Crippen LogP contribution >= 0.6 is 0 Å². The maximum atomic E-state index is 12.3. The van der Waals surface area contributed by atoms with Gasteiger partial charge in [0.2, 0.25) is 5.95 Å². The Morgan fingerprint density at radius 1 is 1.17 bits per heavy atom. The lowest BCUT2D eigenvalue weighted by atomic mass is 10.1. The van der Waals surface area contributed by atoms with Crippen molar-refractivity contribution in [3.05, 3.63) is 41.6 Å². The van der Waals surface area contributed by atoms with Gasteiger partial charge in [-0.1, -0.05) is 12.1 Å². The second-order valence-corrected chi connectivity index (χ2v) is 9.75. The van der Waals surface area contributed by atoms with Crippen molar-refractivity contribution in [2.24, 2.45) is 0 Å². The monoisotopic (exact) mass is 482 g/mol. The maximum Gasteiger partial charge on any atom is 0.415 e. The Kier molecular flexibility index (Phi) is 7.00. The van der Waals surface area contributed by atoms with Gasteiger partial charge in [-0.2, -0.15) is 4.98 Å². The minimum absolute atomic E-state index is 0.0308. The molecule has 1 aromatic carbocycles. The Labute approximate surface area is 206 Å². The summed E-state index contributed by atoms with van der Waals surface area (Å²) in [6.07, 6.45) is 1.06. The van der Waals surface area contributed by atoms with Crippen LogP contribution in [0.4, 0.5) is 27.0 Å². The molecule has 0 saturated carbocycles. The molecule has 1 aromatic heterocycles. The predicted octanol–water partition coefficient (Wildman–Crippen LogP) is 4.18. The lowest BCUT2D eigenvalue weighted by Gasteiger charge is -2.36. The molecule has 2 amide bonds. The van der Waals surface area contributed by atoms with Crippen LogP contribution in [0.3, 0.4) is 0 Å². The summed E-state index contributed by atoms with van der Waals surface area (Å²) in [6.45, 7) is 13.0. The van der Waals surface area contributed by atoms with E-state index in [9.17, 15) is 9.59 Å². The van der Waals surface area contributed by atoms with Gasteiger partial charge < -0.3 is 24.6 Å². The Morgan fingerprint density at radius 2 is 1.86 bits per heavy atom. The summed E-state index contributed by atoms with van der Waals surface area (Å²) in [5.74, 6) is 1.06. The molecule has 0 aliphatic carbocycles. The van der Waals surface area contributed by atoms with Crippen molar-refractivity contribution in [1.29, 1.82) is 0 Å². The third-order valence-corrected chi connectivity index (χ3v) is 6.02. The van der Waals surface area contributed by atoms with Crippen molar-refractivity contribution in [3.63, 3.8) is 0 Å². The van der Waals surface area contributed by atoms with Gasteiger partial charge in [-0.15, -0.1) is 0 Å². The highest BCUT2D eigenvalue weighted by Crippen LogP contribution is 2.27. The molecule has 0 spiro atoms. The molecule has 3 heterocycles. The zero-order chi connectivity index (χ0) is 25.2. The Bertz CT molecular complexity index is 1060. The van der Waals surface area contributed by atoms with E-state index in [0.29, 0.717) is 31.4 Å². The van der Waals surface area contributed by atoms with Crippen molar-refractivity contribution in [1.82, 2.24) is 14.9 Å². The lowest BCUT2D eigenvalue weighted by Crippen LogP contribution is -2.50. The van der Waals surface area contributed by atoms with Crippen LogP contribution in [0.2, 0.25) is 0 Å². The summed E-state index contributed by atoms with van der Waals surface area (Å²) in [6, 6.07) is 8.33. The number of hydrogen-bond acceptors (Lipinski definition) is 8. The first kappa shape index (κ1) is 24.6. The second kappa shape index (κ2) is 9.97. The minimum Gasteiger partial charge on any atom is -0.444 e. The number of cyclic esters (lactones) is 1. The van der Waals surface area contributed by atoms with Gasteiger partial charge in [0.1, 0.15) is 18.0 Å². The molecule has 10 heteroatoms. The van der Waals surface area contributed by atoms with Crippen LogP contribution in [0.5, 0.6) is 0 Å². The number of aromatic nitrogens is 2. The maximum absolute atomic E-state index is 12.3. The predicted molar refractivity (Wildman–Crippen MR) is 134 cm³/mol. The van der Waals surface area contributed by atoms with Gasteiger partial charge in [0, 0.05) is 44.6 Å². The smallest absolute Gasteiger partial charge is 0.415 e. The van der Waals surface area contributed by atoms with Gasteiger partial charge in [0.15, 0.2) is 0 Å². The van der Waals surface area contributed by atoms with Crippen molar-refractivity contribution >= 4 is 29.6 Å². The summed E-state index contributed by atoms with van der Waals surface area (Å²) in [7, 11) is 0. The van der Waals surface area contributed by atoms with E-state index in [4.69, 9.17) is 9.47 Å². The van der Waals surface area contributed by atoms with Crippen molar-refractivity contribution in [3.8, 4) is 0 Å². The first-order valence-electron chi connectivity index (χ1n) is 12.0. The number of piperazine rings is 1. The average molecular weight is 483 g/mol. The fraction of sp³-hybridized carbons (Fsp3) is 0.520. The second-order valence-electron chi connectivity index (χ2n) is 9.75. The highest BCUT2D eigenvalue weighted by atomic mass is 16.6. The number of amides is 2. The zero-order valence-electron chi connectivity index (χ0n) is 21.1. The number of fused-ring (bicyclic) bond motifs is 1. The number of ether oxygens (including phenoxy) is 2. The molecular weight excluding hydrogens is 448 g/mol. The number of nitrogens with one attached hydrogen (secondary N) is 1. The average Bonchev–Trinajstić information content (AvgIpc) is 2.83. The molecule has 0 unspecified atom stereocenters. The van der Waals surface area contributed by atoms with Gasteiger partial charge in [-0.05, 0) is 52.3 Å². The van der Waals surface area contributed by atoms with Gasteiger partial charge in [0.05, 0.1) is 11.6 Å². The summed E-state index contributed by atoms with van der Waals surface area (Å²) in [4.78, 5) is 38.8. The largest absolute Gasteiger partial charge is 0.444 e. The molecule has 0 radical (unpaired) electrons. The Balaban J connectivity index is 1.35. The summed E-state index contributed by atoms with van der Waals surface area (Å²) >= 11 is 0. The lowest BCUT2D eigenvalue weighted by molar-refractivity contribution is 0.0240. The summed E-state index contributed by atoms with van der Waals surface area (Å²) in [5.41, 5.74) is 2.52. The quantitative estimate of drug-likeness (QED) is 0.677. The van der Waals surface area contributed by atoms with Gasteiger partial charge >= 0.3 is 12.2 Å². The van der Waals surface area contributed by atoms with Crippen LogP contribution in [-0.4, -0.2) is 65.4 Å². The molecule has 2 aliphatic rings. The molecule has 4 rings (SSSR count). The van der Waals surface area contributed by atoms with Gasteiger partial charge in [-0.3, -0.25) is 4.90 Å². The summed E-state index contributed by atoms with van der Waals surface area (Å²) < 4.78 is 10.6. The summed E-state index contributed by atoms with van der Waals surface area (Å²) in [5, 5.41) is 3.33. The van der Waals surface area contributed by atoms with E-state index in [0.717, 1.165) is 29.9 Å². The van der Waals surface area contributed by atoms with Crippen LogP contribution in [0.25, 0.3) is 0 Å². The number of anilines is 3. The van der Waals surface area contributed by atoms with E-state index in [1.165, 1.54) is 4.90 Å². The molecule has 188 valence electrons. The van der Waals surface area contributed by atoms with E-state index in [-0.39, 0.29) is 24.8 Å². The molecule has 0 bridgehead atoms. The van der Waals surface area contributed by atoms with Crippen molar-refractivity contribution in [2.75, 3.05) is 47.8 Å². The molecule has 1 atom stereocenters. The molecule has 2 aliphatic heterocycles. The fourth-order valence-corrected chi connectivity index (χ4v) is 4.11. The number of benzene rings is 1. The highest BCUT2D eigenvalue weighted by Gasteiger charge is 2.28. The number of hydrogen-bond donors (Lipinski definition) is 1. The first-order valence-corrected chi connectivity index (χ1v) is 12.0. The topological polar surface area (TPSA) is 100 Å². The Morgan fingerprint density at radius 3 is 2.49 bits per heavy atom. The van der Waals surface area contributed by atoms with Crippen LogP contribution in [0.1, 0.15) is 51.8 Å². The molecule has 10 nitrogen and oxygen atoms in total. The van der Waals surface area contributed by atoms with Crippen LogP contribution < -0.4 is 15.1 Å². The van der Waals surface area contributed by atoms with E-state index < -0.39 is 5.60 Å². The Hall–Kier alpha value is -3.56. The molecule has 1 N–H and O–H groups in total. The standard InChI is InChI=1S/C25H34N6O4/c1-6-31-21-19(16-34-24(31)33)15-26-22(28-21)27-17(2)18-7-9-20(10-8-18)29-11-13-30(14-12-29)23(32)35-25(3,4)5/h7-10,15,17H,6,11-14,16H2,1-5H3,(H,26,27,28)/t17-/m0/s1. The molecule has 1 saturated heterocycles. The normalized spacial score (nSPS) is 16.9. The number of nitrogens with zero attached hydrogens (tertiary/aromatic N) is 5. The number of rotatable bonds is 5. The fourth-order valence-electron chi connectivity index (χ4n) is 4.11. The molecular formula is C25H34N6O4. The third-order valence-electron chi connectivity index (χ3n) is 6.02. The van der Waals surface area contributed by atoms with Crippen molar-refractivity contribution < 1.29 is 19.1 Å². The van der Waals surface area contributed by atoms with E-state index >= 15 is 0 Å². The SMILES string of the molecule is CCN1C(=O)OCc2cnc(N[C@@H](C)c3ccc(N4CCN(C(=O)OC(C)(C)C)CC4)cc3)nc21. The number of carbonyl (C=O) groups excluding carboxylic acids is 2. The van der Waals surface area contributed by atoms with Crippen LogP contribution in [-0.2, 0) is 16.1 Å². The van der Waals surface area contributed by atoms with Gasteiger partial charge in [0.25, 0.3) is 0 Å². The van der Waals surface area contributed by atoms with Crippen molar-refractivity contribution in [2.45, 2.75) is 52.9 Å². The van der Waals surface area contributed by atoms with Gasteiger partial charge in [-0.25, -0.2) is 14.6 Å². The van der Waals surface area contributed by atoms with E-state index in [2.05, 4.69) is 44.5 Å². The van der Waals surface area contributed by atoms with E-state index in [1.54, 1.807) is 11.1 Å². The van der Waals surface area contributed by atoms with E-state index in [1.807, 2.05) is 34.6 Å².